The van der Waals surface area contributed by atoms with Gasteiger partial charge < -0.3 is 19.7 Å². The van der Waals surface area contributed by atoms with E-state index in [2.05, 4.69) is 55.4 Å². The van der Waals surface area contributed by atoms with Crippen molar-refractivity contribution in [1.29, 1.82) is 0 Å². The summed E-state index contributed by atoms with van der Waals surface area (Å²) in [6.07, 6.45) is 2.87. The first-order chi connectivity index (χ1) is 12.1. The fraction of sp³-hybridized carbons (Fsp3) is 0.650. The van der Waals surface area contributed by atoms with E-state index in [-0.39, 0.29) is 5.60 Å². The minimum atomic E-state index is -0.192. The normalized spacial score (nSPS) is 17.4. The van der Waals surface area contributed by atoms with E-state index in [1.54, 1.807) is 7.11 Å². The molecule has 5 nitrogen and oxygen atoms in total. The van der Waals surface area contributed by atoms with Crippen molar-refractivity contribution in [2.75, 3.05) is 40.5 Å². The van der Waals surface area contributed by atoms with Crippen LogP contribution in [0.15, 0.2) is 29.3 Å². The molecule has 0 amide bonds. The maximum Gasteiger partial charge on any atom is 0.194 e. The van der Waals surface area contributed by atoms with Crippen molar-refractivity contribution in [2.45, 2.75) is 45.3 Å². The topological polar surface area (TPSA) is 46.1 Å². The van der Waals surface area contributed by atoms with Gasteiger partial charge in [0.1, 0.15) is 0 Å². The van der Waals surface area contributed by atoms with Crippen LogP contribution >= 0.6 is 0 Å². The summed E-state index contributed by atoms with van der Waals surface area (Å²) in [5.74, 6) is 0.921. The molecule has 0 saturated carbocycles. The van der Waals surface area contributed by atoms with E-state index >= 15 is 0 Å². The zero-order valence-corrected chi connectivity index (χ0v) is 16.2. The summed E-state index contributed by atoms with van der Waals surface area (Å²) in [6.45, 7) is 8.12. The molecule has 0 atom stereocenters. The van der Waals surface area contributed by atoms with Gasteiger partial charge in [-0.15, -0.1) is 0 Å². The average Bonchev–Trinajstić information content (AvgIpc) is 2.66. The Kier molecular flexibility index (Phi) is 7.72. The Morgan fingerprint density at radius 2 is 1.84 bits per heavy atom. The summed E-state index contributed by atoms with van der Waals surface area (Å²) in [6, 6.07) is 8.81. The molecule has 0 radical (unpaired) electrons. The van der Waals surface area contributed by atoms with Crippen LogP contribution in [-0.4, -0.2) is 56.9 Å². The molecule has 0 spiro atoms. The van der Waals surface area contributed by atoms with Crippen LogP contribution in [0.4, 0.5) is 0 Å². The summed E-state index contributed by atoms with van der Waals surface area (Å²) < 4.78 is 11.3. The van der Waals surface area contributed by atoms with Crippen molar-refractivity contribution >= 4 is 5.96 Å². The Morgan fingerprint density at radius 1 is 1.20 bits per heavy atom. The first kappa shape index (κ1) is 19.7. The van der Waals surface area contributed by atoms with Crippen LogP contribution in [0.2, 0.25) is 0 Å². The third kappa shape index (κ3) is 5.72. The Morgan fingerprint density at radius 3 is 2.40 bits per heavy atom. The molecule has 0 unspecified atom stereocenters. The van der Waals surface area contributed by atoms with Gasteiger partial charge in [0.2, 0.25) is 0 Å². The quantitative estimate of drug-likeness (QED) is 0.609. The van der Waals surface area contributed by atoms with Gasteiger partial charge in [0.15, 0.2) is 5.96 Å². The van der Waals surface area contributed by atoms with Crippen LogP contribution in [0, 0.1) is 0 Å². The number of hydrogen-bond donors (Lipinski definition) is 1. The number of ether oxygens (including phenoxy) is 2. The number of benzene rings is 1. The molecule has 1 fully saturated rings. The number of guanidine groups is 1. The SMILES string of the molecule is CCNC(=NCC1(OC)CCOCC1)N(C)Cc1ccc(CC)cc1. The number of hydrogen-bond acceptors (Lipinski definition) is 3. The van der Waals surface area contributed by atoms with Crippen molar-refractivity contribution in [3.05, 3.63) is 35.4 Å². The van der Waals surface area contributed by atoms with Gasteiger partial charge in [-0.25, -0.2) is 0 Å². The lowest BCUT2D eigenvalue weighted by Gasteiger charge is -2.35. The highest BCUT2D eigenvalue weighted by atomic mass is 16.5. The molecule has 1 aliphatic heterocycles. The Hall–Kier alpha value is -1.59. The summed E-state index contributed by atoms with van der Waals surface area (Å²) in [7, 11) is 3.87. The van der Waals surface area contributed by atoms with Gasteiger partial charge in [-0.1, -0.05) is 31.2 Å². The molecule has 25 heavy (non-hydrogen) atoms. The van der Waals surface area contributed by atoms with Crippen LogP contribution in [-0.2, 0) is 22.4 Å². The number of aryl methyl sites for hydroxylation is 1. The van der Waals surface area contributed by atoms with Gasteiger partial charge in [-0.2, -0.15) is 0 Å². The summed E-state index contributed by atoms with van der Waals surface area (Å²) in [5.41, 5.74) is 2.47. The van der Waals surface area contributed by atoms with E-state index in [0.29, 0.717) is 6.54 Å². The van der Waals surface area contributed by atoms with E-state index in [1.807, 2.05) is 0 Å². The Bertz CT molecular complexity index is 536. The molecule has 1 N–H and O–H groups in total. The molecule has 0 bridgehead atoms. The van der Waals surface area contributed by atoms with Gasteiger partial charge in [-0.3, -0.25) is 4.99 Å². The highest BCUT2D eigenvalue weighted by molar-refractivity contribution is 5.79. The lowest BCUT2D eigenvalue weighted by Crippen LogP contribution is -2.44. The van der Waals surface area contributed by atoms with E-state index < -0.39 is 0 Å². The molecule has 0 aliphatic carbocycles. The average molecular weight is 348 g/mol. The van der Waals surface area contributed by atoms with Crippen LogP contribution in [0.25, 0.3) is 0 Å². The number of methoxy groups -OCH3 is 1. The molecule has 1 saturated heterocycles. The predicted octanol–water partition coefficient (Wildman–Crippen LogP) is 2.84. The van der Waals surface area contributed by atoms with E-state index in [0.717, 1.165) is 51.5 Å². The van der Waals surface area contributed by atoms with Gasteiger partial charge in [0.25, 0.3) is 0 Å². The van der Waals surface area contributed by atoms with Crippen molar-refractivity contribution < 1.29 is 9.47 Å². The van der Waals surface area contributed by atoms with Gasteiger partial charge in [0.05, 0.1) is 12.1 Å². The highest BCUT2D eigenvalue weighted by Crippen LogP contribution is 2.24. The third-order valence-corrected chi connectivity index (χ3v) is 4.90. The smallest absolute Gasteiger partial charge is 0.194 e. The number of rotatable bonds is 7. The fourth-order valence-corrected chi connectivity index (χ4v) is 3.09. The second kappa shape index (κ2) is 9.78. The molecular formula is C20H33N3O2. The lowest BCUT2D eigenvalue weighted by atomic mass is 9.94. The Labute approximate surface area is 152 Å². The molecule has 5 heteroatoms. The van der Waals surface area contributed by atoms with Crippen LogP contribution in [0.3, 0.4) is 0 Å². The number of nitrogens with zero attached hydrogens (tertiary/aromatic N) is 2. The summed E-state index contributed by atoms with van der Waals surface area (Å²) in [4.78, 5) is 7.03. The predicted molar refractivity (Wildman–Crippen MR) is 103 cm³/mol. The summed E-state index contributed by atoms with van der Waals surface area (Å²) in [5, 5.41) is 3.40. The molecule has 1 aromatic rings. The van der Waals surface area contributed by atoms with Crippen LogP contribution < -0.4 is 5.32 Å². The Balaban J connectivity index is 2.03. The second-order valence-corrected chi connectivity index (χ2v) is 6.70. The largest absolute Gasteiger partial charge is 0.381 e. The minimum absolute atomic E-state index is 0.192. The maximum atomic E-state index is 5.80. The molecule has 0 aromatic heterocycles. The third-order valence-electron chi connectivity index (χ3n) is 4.90. The van der Waals surface area contributed by atoms with Gasteiger partial charge in [0, 0.05) is 53.3 Å². The molecular weight excluding hydrogens is 314 g/mol. The first-order valence-corrected chi connectivity index (χ1v) is 9.32. The monoisotopic (exact) mass is 347 g/mol. The fourth-order valence-electron chi connectivity index (χ4n) is 3.09. The van der Waals surface area contributed by atoms with Gasteiger partial charge >= 0.3 is 0 Å². The standard InChI is InChI=1S/C20H33N3O2/c1-5-17-7-9-18(10-8-17)15-23(3)19(21-6-2)22-16-20(24-4)11-13-25-14-12-20/h7-10H,5-6,11-16H2,1-4H3,(H,21,22). The number of aliphatic imine (C=N–C) groups is 1. The maximum absolute atomic E-state index is 5.80. The summed E-state index contributed by atoms with van der Waals surface area (Å²) >= 11 is 0. The van der Waals surface area contributed by atoms with Crippen molar-refractivity contribution in [3.63, 3.8) is 0 Å². The molecule has 1 aromatic carbocycles. The molecule has 140 valence electrons. The number of nitrogens with one attached hydrogen (secondary N) is 1. The van der Waals surface area contributed by atoms with Gasteiger partial charge in [-0.05, 0) is 24.5 Å². The van der Waals surface area contributed by atoms with E-state index in [4.69, 9.17) is 14.5 Å². The minimum Gasteiger partial charge on any atom is -0.381 e. The van der Waals surface area contributed by atoms with Crippen molar-refractivity contribution in [3.8, 4) is 0 Å². The molecule has 2 rings (SSSR count). The van der Waals surface area contributed by atoms with E-state index in [1.165, 1.54) is 11.1 Å². The lowest BCUT2D eigenvalue weighted by molar-refractivity contribution is -0.0829. The van der Waals surface area contributed by atoms with Crippen LogP contribution in [0.5, 0.6) is 0 Å². The zero-order valence-electron chi connectivity index (χ0n) is 16.2. The first-order valence-electron chi connectivity index (χ1n) is 9.32. The molecule has 1 aliphatic rings. The van der Waals surface area contributed by atoms with Crippen LogP contribution in [0.1, 0.15) is 37.8 Å². The highest BCUT2D eigenvalue weighted by Gasteiger charge is 2.32. The van der Waals surface area contributed by atoms with Crippen molar-refractivity contribution in [2.24, 2.45) is 4.99 Å². The second-order valence-electron chi connectivity index (χ2n) is 6.70. The molecule has 1 heterocycles. The van der Waals surface area contributed by atoms with Crippen molar-refractivity contribution in [1.82, 2.24) is 10.2 Å². The van der Waals surface area contributed by atoms with E-state index in [9.17, 15) is 0 Å². The zero-order chi connectivity index (χ0) is 18.1.